The Hall–Kier alpha value is -3.90. The highest BCUT2D eigenvalue weighted by Gasteiger charge is 2.31. The van der Waals surface area contributed by atoms with E-state index in [1.54, 1.807) is 35.4 Å². The lowest BCUT2D eigenvalue weighted by molar-refractivity contribution is 0.443. The smallest absolute Gasteiger partial charge is 0.0352 e. The molecule has 0 saturated heterocycles. The molecule has 0 heteroatoms. The van der Waals surface area contributed by atoms with E-state index < -0.39 is 19.1 Å². The predicted octanol–water partition coefficient (Wildman–Crippen LogP) is 27.2. The molecule has 0 radical (unpaired) electrons. The molecule has 5 aromatic rings. The normalized spacial score (nSPS) is 19.3. The topological polar surface area (TPSA) is 0 Å². The largest absolute Gasteiger partial charge is 0.0776 e. The van der Waals surface area contributed by atoms with Gasteiger partial charge in [0.2, 0.25) is 0 Å². The average Bonchev–Trinajstić information content (AvgIpc) is 1.36. The number of hydrogen-bond acceptors (Lipinski definition) is 0. The van der Waals surface area contributed by atoms with E-state index in [9.17, 15) is 0 Å². The first-order valence-electron chi connectivity index (χ1n) is 34.2. The summed E-state index contributed by atoms with van der Waals surface area (Å²) in [6, 6.07) is 43.5. The van der Waals surface area contributed by atoms with E-state index >= 15 is 0 Å². The van der Waals surface area contributed by atoms with Crippen LogP contribution in [0.1, 0.15) is 372 Å². The van der Waals surface area contributed by atoms with Crippen molar-refractivity contribution in [3.8, 4) is 0 Å². The summed E-state index contributed by atoms with van der Waals surface area (Å²) in [5, 5.41) is 0. The molecule has 82 heavy (non-hydrogen) atoms. The molecule has 0 nitrogen and oxygen atoms in total. The molecule has 4 aliphatic carbocycles. The van der Waals surface area contributed by atoms with E-state index in [-0.39, 0.29) is 75.7 Å². The molecular weight excluding hydrogens is 985 g/mol. The summed E-state index contributed by atoms with van der Waals surface area (Å²) in [5.74, 6) is -0.910. The van der Waals surface area contributed by atoms with Crippen molar-refractivity contribution in [1.29, 1.82) is 0 Å². The van der Waals surface area contributed by atoms with Gasteiger partial charge in [0.05, 0.1) is 0 Å². The minimum absolute atomic E-state index is 0. The molecule has 4 saturated carbocycles. The molecule has 0 spiro atoms. The van der Waals surface area contributed by atoms with Crippen LogP contribution in [0.3, 0.4) is 0 Å². The molecule has 0 amide bonds. The second kappa shape index (κ2) is 34.9. The fraction of sp³-hybridized carbons (Fsp3) is 0.634. The Morgan fingerprint density at radius 1 is 0.402 bits per heavy atom. The van der Waals surface area contributed by atoms with Crippen molar-refractivity contribution in [1.82, 2.24) is 0 Å². The molecule has 5 aromatic carbocycles. The zero-order chi connectivity index (χ0) is 62.8. The quantitative estimate of drug-likeness (QED) is 0.159. The molecule has 4 fully saturated rings. The van der Waals surface area contributed by atoms with Crippen molar-refractivity contribution in [2.75, 3.05) is 0 Å². The lowest BCUT2D eigenvalue weighted by atomic mass is 9.79. The van der Waals surface area contributed by atoms with E-state index in [0.29, 0.717) is 5.41 Å². The van der Waals surface area contributed by atoms with Crippen LogP contribution in [-0.4, -0.2) is 0 Å². The van der Waals surface area contributed by atoms with Gasteiger partial charge in [0, 0.05) is 9.60 Å². The number of benzene rings is 5. The van der Waals surface area contributed by atoms with Gasteiger partial charge in [0.15, 0.2) is 0 Å². The van der Waals surface area contributed by atoms with Gasteiger partial charge in [-0.1, -0.05) is 347 Å². The van der Waals surface area contributed by atoms with Gasteiger partial charge >= 0.3 is 0 Å². The minimum atomic E-state index is -2.74. The van der Waals surface area contributed by atoms with E-state index in [0.717, 1.165) is 37.2 Å². The first-order chi connectivity index (χ1) is 38.7. The van der Waals surface area contributed by atoms with Crippen LogP contribution in [0.2, 0.25) is 0 Å². The Bertz CT molecular complexity index is 2680. The van der Waals surface area contributed by atoms with Crippen LogP contribution in [0.25, 0.3) is 0 Å². The van der Waals surface area contributed by atoms with Crippen LogP contribution in [-0.2, 0) is 32.5 Å². The fourth-order valence-corrected chi connectivity index (χ4v) is 11.8. The lowest BCUT2D eigenvalue weighted by Crippen LogP contribution is -2.17. The first kappa shape index (κ1) is 65.6. The summed E-state index contributed by atoms with van der Waals surface area (Å²) in [7, 11) is 0. The molecule has 0 aromatic heterocycles. The van der Waals surface area contributed by atoms with Crippen molar-refractivity contribution in [3.05, 3.63) is 177 Å². The van der Waals surface area contributed by atoms with E-state index in [1.165, 1.54) is 136 Å². The Morgan fingerprint density at radius 2 is 0.671 bits per heavy atom. The third-order valence-electron chi connectivity index (χ3n) is 17.5. The monoisotopic (exact) mass is 1130 g/mol. The molecule has 464 valence electrons. The summed E-state index contributed by atoms with van der Waals surface area (Å²) in [5.41, 5.74) is 14.2. The number of hydrogen-bond donors (Lipinski definition) is 0. The summed E-state index contributed by atoms with van der Waals surface area (Å²) in [6.45, 7) is 34.1. The Kier molecular flexibility index (Phi) is 27.9. The van der Waals surface area contributed by atoms with Crippen LogP contribution >= 0.6 is 0 Å². The van der Waals surface area contributed by atoms with Gasteiger partial charge < -0.3 is 0 Å². The van der Waals surface area contributed by atoms with Crippen LogP contribution in [0.5, 0.6) is 0 Å². The van der Waals surface area contributed by atoms with Gasteiger partial charge in [-0.3, -0.25) is 0 Å². The summed E-state index contributed by atoms with van der Waals surface area (Å²) in [4.78, 5) is 0. The van der Waals surface area contributed by atoms with Crippen LogP contribution in [0.15, 0.2) is 121 Å². The third kappa shape index (κ3) is 24.6. The Balaban J connectivity index is 0.00000108. The van der Waals surface area contributed by atoms with Crippen LogP contribution < -0.4 is 0 Å². The third-order valence-corrected chi connectivity index (χ3v) is 17.5. The van der Waals surface area contributed by atoms with Crippen LogP contribution in [0.4, 0.5) is 0 Å². The maximum absolute atomic E-state index is 8.59. The fourth-order valence-electron chi connectivity index (χ4n) is 11.8. The lowest BCUT2D eigenvalue weighted by Gasteiger charge is -2.26. The van der Waals surface area contributed by atoms with Crippen LogP contribution in [0, 0.1) is 0 Å². The number of rotatable bonds is 6. The zero-order valence-electron chi connectivity index (χ0n) is 59.4. The molecule has 4 aliphatic rings. The van der Waals surface area contributed by atoms with Gasteiger partial charge in [-0.15, -0.1) is 0 Å². The summed E-state index contributed by atoms with van der Waals surface area (Å²) in [6.07, 6.45) is 21.9. The first-order valence-corrected chi connectivity index (χ1v) is 30.7. The molecular formula is C82H136. The Morgan fingerprint density at radius 3 is 0.963 bits per heavy atom. The van der Waals surface area contributed by atoms with E-state index in [4.69, 9.17) is 9.60 Å². The molecule has 0 N–H and O–H groups in total. The maximum Gasteiger partial charge on any atom is 0.0352 e. The van der Waals surface area contributed by atoms with Gasteiger partial charge in [0.1, 0.15) is 0 Å². The maximum atomic E-state index is 8.59. The van der Waals surface area contributed by atoms with Crippen molar-refractivity contribution in [3.63, 3.8) is 0 Å². The Labute approximate surface area is 524 Å². The van der Waals surface area contributed by atoms with Crippen molar-refractivity contribution in [2.45, 2.75) is 340 Å². The van der Waals surface area contributed by atoms with Crippen molar-refractivity contribution >= 4 is 0 Å². The molecule has 9 rings (SSSR count). The van der Waals surface area contributed by atoms with Gasteiger partial charge in [-0.05, 0) is 169 Å². The molecule has 0 bridgehead atoms. The average molecular weight is 1130 g/mol. The van der Waals surface area contributed by atoms with Gasteiger partial charge in [-0.2, -0.15) is 0 Å². The summed E-state index contributed by atoms with van der Waals surface area (Å²) < 4.78 is 55.1. The second-order valence-corrected chi connectivity index (χ2v) is 29.1. The highest BCUT2D eigenvalue weighted by Crippen LogP contribution is 2.42. The van der Waals surface area contributed by atoms with E-state index in [2.05, 4.69) is 187 Å². The highest BCUT2D eigenvalue weighted by atomic mass is 14.4. The predicted molar refractivity (Wildman–Crippen MR) is 377 cm³/mol. The zero-order valence-corrected chi connectivity index (χ0v) is 52.4. The molecule has 0 aliphatic heterocycles. The summed E-state index contributed by atoms with van der Waals surface area (Å²) >= 11 is 0. The van der Waals surface area contributed by atoms with E-state index in [1.807, 2.05) is 20.8 Å². The SMILES string of the molecule is C.C.C.C.C.CC(C)(C)c1ccc(C2(C)CCCC2)cc1.CC(C)(C)c1ccc(C2CCCC2)cc1.CC(C)(C)c1ccc(C2CCCCC2)cc1.[2H]C([2H])([2H])C([2H])(c1ccc(C(C)(C)C)cc1)C([2H])([2H])C.[2H]C1(c2ccc(C(C)(C)C)cc2)CCCCC1. The highest BCUT2D eigenvalue weighted by molar-refractivity contribution is 5.35. The van der Waals surface area contributed by atoms with Crippen molar-refractivity contribution < 1.29 is 9.60 Å². The second-order valence-electron chi connectivity index (χ2n) is 29.1. The standard InChI is InChI=1S/3C16H24.C15H22.C14H22.5CH4/c1-15(2,3)13-7-9-14(10-8-13)16(4)11-5-6-12-16;2*1-16(2,3)15-11-9-14(10-12-15)13-7-5-4-6-8-13;1-15(2,3)14-10-8-13(9-11-14)12-6-4-5-7-12;1-6-11(2)12-7-9-13(10-8-12)14(3,4)5;;;;;/h7-10H,5-6,11-12H2,1-4H3;2*9-13H,4-8H2,1-3H3;8-12H,4-7H2,1-3H3;7-11H,6H2,1-5H3;5*1H4/i;13D;;;2D3,6D2,11D;;;;;. The van der Waals surface area contributed by atoms with Gasteiger partial charge in [-0.25, -0.2) is 0 Å². The molecule has 0 heterocycles. The van der Waals surface area contributed by atoms with Crippen molar-refractivity contribution in [2.24, 2.45) is 0 Å². The molecule has 1 unspecified atom stereocenters. The van der Waals surface area contributed by atoms with Gasteiger partial charge in [0.25, 0.3) is 0 Å². The minimum Gasteiger partial charge on any atom is -0.0776 e. The molecule has 1 atom stereocenters.